The minimum absolute atomic E-state index is 0.0710. The fraction of sp³-hybridized carbons (Fsp3) is 0. The van der Waals surface area contributed by atoms with Crippen LogP contribution in [0.1, 0.15) is 10.6 Å². The molecule has 0 atom stereocenters. The summed E-state index contributed by atoms with van der Waals surface area (Å²) in [4.78, 5) is 23.1. The van der Waals surface area contributed by atoms with Crippen LogP contribution in [-0.4, -0.2) is 12.0 Å². The molecule has 0 aromatic carbocycles. The summed E-state index contributed by atoms with van der Waals surface area (Å²) >= 11 is 5.35. The molecule has 0 radical (unpaired) electrons. The molecule has 1 amide bonds. The van der Waals surface area contributed by atoms with E-state index in [0.29, 0.717) is 0 Å². The zero-order valence-electron chi connectivity index (χ0n) is 5.20. The molecule has 0 aliphatic carbocycles. The van der Waals surface area contributed by atoms with Crippen molar-refractivity contribution in [3.63, 3.8) is 0 Å². The number of nitrogens with zero attached hydrogens (tertiary/aromatic N) is 1. The van der Waals surface area contributed by atoms with Gasteiger partial charge in [0, 0.05) is 0 Å². The van der Waals surface area contributed by atoms with Crippen molar-refractivity contribution in [2.24, 2.45) is 4.99 Å². The Balaban J connectivity index is 2.93. The Labute approximate surface area is 66.5 Å². The first-order valence-electron chi connectivity index (χ1n) is 2.61. The summed E-state index contributed by atoms with van der Waals surface area (Å²) in [5.41, 5.74) is 0. The highest BCUT2D eigenvalue weighted by Crippen LogP contribution is 2.13. The molecule has 0 N–H and O–H groups in total. The van der Waals surface area contributed by atoms with E-state index >= 15 is 0 Å². The second-order valence-electron chi connectivity index (χ2n) is 1.61. The van der Waals surface area contributed by atoms with Gasteiger partial charge in [-0.2, -0.15) is 0 Å². The highest BCUT2D eigenvalue weighted by molar-refractivity contribution is 6.29. The number of rotatable bonds is 1. The van der Waals surface area contributed by atoms with E-state index in [4.69, 9.17) is 11.6 Å². The third kappa shape index (κ3) is 1.77. The van der Waals surface area contributed by atoms with E-state index in [9.17, 15) is 9.59 Å². The van der Waals surface area contributed by atoms with Crippen LogP contribution < -0.4 is 0 Å². The number of furan rings is 1. The molecule has 0 saturated heterocycles. The van der Waals surface area contributed by atoms with Gasteiger partial charge >= 0.3 is 5.91 Å². The Hall–Kier alpha value is -1.38. The zero-order valence-corrected chi connectivity index (χ0v) is 5.96. The molecule has 1 heterocycles. The molecule has 56 valence electrons. The second-order valence-corrected chi connectivity index (χ2v) is 1.98. The first-order valence-corrected chi connectivity index (χ1v) is 2.99. The van der Waals surface area contributed by atoms with Crippen molar-refractivity contribution in [3.05, 3.63) is 23.1 Å². The average Bonchev–Trinajstić information content (AvgIpc) is 2.36. The van der Waals surface area contributed by atoms with Crippen LogP contribution in [0.4, 0.5) is 0 Å². The summed E-state index contributed by atoms with van der Waals surface area (Å²) in [7, 11) is 0. The molecule has 0 spiro atoms. The lowest BCUT2D eigenvalue weighted by atomic mass is 10.4. The number of halogens is 1. The van der Waals surface area contributed by atoms with Gasteiger partial charge in [0.2, 0.25) is 6.08 Å². The van der Waals surface area contributed by atoms with E-state index in [1.807, 2.05) is 0 Å². The van der Waals surface area contributed by atoms with E-state index in [0.717, 1.165) is 6.08 Å². The van der Waals surface area contributed by atoms with E-state index < -0.39 is 5.91 Å². The number of hydrogen-bond acceptors (Lipinski definition) is 3. The number of carbonyl (C=O) groups excluding carboxylic acids is 2. The Morgan fingerprint density at radius 1 is 1.64 bits per heavy atom. The topological polar surface area (TPSA) is 59.6 Å². The van der Waals surface area contributed by atoms with Gasteiger partial charge in [-0.15, -0.1) is 4.99 Å². The molecule has 1 rings (SSSR count). The maximum atomic E-state index is 10.7. The summed E-state index contributed by atoms with van der Waals surface area (Å²) in [6.07, 6.45) is 1.10. The maximum absolute atomic E-state index is 10.7. The number of aliphatic imine (C=N–C) groups is 1. The van der Waals surface area contributed by atoms with Crippen molar-refractivity contribution in [2.75, 3.05) is 0 Å². The smallest absolute Gasteiger partial charge is 0.323 e. The largest absolute Gasteiger partial charge is 0.439 e. The lowest BCUT2D eigenvalue weighted by Crippen LogP contribution is -1.89. The molecular formula is C6H2ClNO3. The monoisotopic (exact) mass is 171 g/mol. The van der Waals surface area contributed by atoms with E-state index in [1.165, 1.54) is 12.1 Å². The molecule has 0 saturated carbocycles. The third-order valence-corrected chi connectivity index (χ3v) is 1.13. The van der Waals surface area contributed by atoms with Gasteiger partial charge in [0.15, 0.2) is 11.0 Å². The molecule has 0 aliphatic heterocycles. The highest BCUT2D eigenvalue weighted by Gasteiger charge is 2.07. The van der Waals surface area contributed by atoms with Crippen molar-refractivity contribution in [1.29, 1.82) is 0 Å². The van der Waals surface area contributed by atoms with Crippen LogP contribution in [0.15, 0.2) is 21.5 Å². The predicted molar refractivity (Wildman–Crippen MR) is 36.2 cm³/mol. The first kappa shape index (κ1) is 7.72. The summed E-state index contributed by atoms with van der Waals surface area (Å²) in [6, 6.07) is 2.71. The fourth-order valence-corrected chi connectivity index (χ4v) is 0.672. The minimum Gasteiger partial charge on any atom is -0.439 e. The Bertz CT molecular complexity index is 324. The molecule has 1 aromatic rings. The lowest BCUT2D eigenvalue weighted by molar-refractivity contribution is 0.0976. The van der Waals surface area contributed by atoms with Crippen LogP contribution in [0.3, 0.4) is 0 Å². The maximum Gasteiger partial charge on any atom is 0.323 e. The Kier molecular flexibility index (Phi) is 2.21. The van der Waals surface area contributed by atoms with E-state index in [-0.39, 0.29) is 11.0 Å². The molecule has 0 bridgehead atoms. The van der Waals surface area contributed by atoms with Crippen LogP contribution in [0, 0.1) is 0 Å². The van der Waals surface area contributed by atoms with Crippen molar-refractivity contribution in [1.82, 2.24) is 0 Å². The van der Waals surface area contributed by atoms with Crippen molar-refractivity contribution in [3.8, 4) is 0 Å². The first-order chi connectivity index (χ1) is 5.24. The average molecular weight is 172 g/mol. The highest BCUT2D eigenvalue weighted by atomic mass is 35.5. The van der Waals surface area contributed by atoms with Gasteiger partial charge in [-0.3, -0.25) is 4.79 Å². The summed E-state index contributed by atoms with van der Waals surface area (Å²) in [6.45, 7) is 0. The van der Waals surface area contributed by atoms with Gasteiger partial charge < -0.3 is 4.42 Å². The number of amides is 1. The molecule has 5 heteroatoms. The molecular weight excluding hydrogens is 170 g/mol. The summed E-state index contributed by atoms with van der Waals surface area (Å²) in [5, 5.41) is 0.0782. The SMILES string of the molecule is O=C=NC(=O)c1ccc(Cl)o1. The van der Waals surface area contributed by atoms with Crippen molar-refractivity contribution < 1.29 is 14.0 Å². The molecule has 0 aliphatic rings. The van der Waals surface area contributed by atoms with Crippen LogP contribution >= 0.6 is 11.6 Å². The summed E-state index contributed by atoms with van der Waals surface area (Å²) < 4.78 is 4.64. The Morgan fingerprint density at radius 2 is 2.36 bits per heavy atom. The standard InChI is InChI=1S/C6H2ClNO3/c7-5-2-1-4(11-5)6(10)8-3-9/h1-2H. The van der Waals surface area contributed by atoms with Gasteiger partial charge in [-0.1, -0.05) is 0 Å². The molecule has 1 aromatic heterocycles. The van der Waals surface area contributed by atoms with Gasteiger partial charge in [0.1, 0.15) is 0 Å². The van der Waals surface area contributed by atoms with Crippen LogP contribution in [-0.2, 0) is 4.79 Å². The second kappa shape index (κ2) is 3.14. The normalized spacial score (nSPS) is 8.82. The van der Waals surface area contributed by atoms with Gasteiger partial charge in [0.25, 0.3) is 0 Å². The van der Waals surface area contributed by atoms with E-state index in [1.54, 1.807) is 0 Å². The predicted octanol–water partition coefficient (Wildman–Crippen LogP) is 1.41. The molecule has 11 heavy (non-hydrogen) atoms. The number of isocyanates is 1. The number of hydrogen-bond donors (Lipinski definition) is 0. The lowest BCUT2D eigenvalue weighted by Gasteiger charge is -1.81. The van der Waals surface area contributed by atoms with Crippen molar-refractivity contribution >= 4 is 23.6 Å². The van der Waals surface area contributed by atoms with Gasteiger partial charge in [-0.05, 0) is 23.7 Å². The zero-order chi connectivity index (χ0) is 8.27. The quantitative estimate of drug-likeness (QED) is 0.474. The Morgan fingerprint density at radius 3 is 2.82 bits per heavy atom. The van der Waals surface area contributed by atoms with Gasteiger partial charge in [0.05, 0.1) is 0 Å². The molecule has 0 unspecified atom stereocenters. The van der Waals surface area contributed by atoms with Crippen LogP contribution in [0.5, 0.6) is 0 Å². The van der Waals surface area contributed by atoms with Crippen molar-refractivity contribution in [2.45, 2.75) is 0 Å². The fourth-order valence-electron chi connectivity index (χ4n) is 0.526. The minimum atomic E-state index is -0.785. The molecule has 0 fully saturated rings. The van der Waals surface area contributed by atoms with E-state index in [2.05, 4.69) is 9.41 Å². The molecule has 4 nitrogen and oxygen atoms in total. The third-order valence-electron chi connectivity index (χ3n) is 0.931. The number of carbonyl (C=O) groups is 1. The van der Waals surface area contributed by atoms with Crippen LogP contribution in [0.25, 0.3) is 0 Å². The van der Waals surface area contributed by atoms with Gasteiger partial charge in [-0.25, -0.2) is 4.79 Å². The summed E-state index contributed by atoms with van der Waals surface area (Å²) in [5.74, 6) is -0.856. The van der Waals surface area contributed by atoms with Crippen LogP contribution in [0.2, 0.25) is 5.22 Å².